The summed E-state index contributed by atoms with van der Waals surface area (Å²) in [6.45, 7) is 4.41. The Bertz CT molecular complexity index is 683. The van der Waals surface area contributed by atoms with Crippen LogP contribution < -0.4 is 10.2 Å². The minimum Gasteiger partial charge on any atom is -0.357 e. The van der Waals surface area contributed by atoms with Crippen LogP contribution in [0.1, 0.15) is 36.5 Å². The van der Waals surface area contributed by atoms with Crippen LogP contribution in [0.4, 0.5) is 5.82 Å². The smallest absolute Gasteiger partial charge is 0.230 e. The third-order valence-electron chi connectivity index (χ3n) is 4.01. The average Bonchev–Trinajstić information content (AvgIpc) is 3.06. The maximum atomic E-state index is 11.9. The second-order valence-electron chi connectivity index (χ2n) is 6.07. The molecule has 25 heavy (non-hydrogen) atoms. The molecule has 0 aromatic carbocycles. The molecule has 1 fully saturated rings. The lowest BCUT2D eigenvalue weighted by Gasteiger charge is -2.27. The minimum atomic E-state index is -0.00896. The highest BCUT2D eigenvalue weighted by molar-refractivity contribution is 7.99. The predicted octanol–water partition coefficient (Wildman–Crippen LogP) is 2.31. The Labute approximate surface area is 151 Å². The van der Waals surface area contributed by atoms with Gasteiger partial charge in [-0.3, -0.25) is 4.79 Å². The highest BCUT2D eigenvalue weighted by Gasteiger charge is 2.12. The van der Waals surface area contributed by atoms with E-state index in [1.165, 1.54) is 31.0 Å². The molecular formula is C17H23N5O2S. The molecule has 1 amide bonds. The molecule has 2 aromatic rings. The van der Waals surface area contributed by atoms with Gasteiger partial charge in [0.25, 0.3) is 0 Å². The lowest BCUT2D eigenvalue weighted by molar-refractivity contribution is -0.118. The van der Waals surface area contributed by atoms with Crippen LogP contribution in [0.5, 0.6) is 0 Å². The molecule has 0 unspecified atom stereocenters. The van der Waals surface area contributed by atoms with Crippen molar-refractivity contribution in [2.24, 2.45) is 0 Å². The van der Waals surface area contributed by atoms with Crippen LogP contribution >= 0.6 is 11.8 Å². The summed E-state index contributed by atoms with van der Waals surface area (Å²) in [6.07, 6.45) is 5.63. The molecule has 1 saturated heterocycles. The normalized spacial score (nSPS) is 14.5. The van der Waals surface area contributed by atoms with Gasteiger partial charge < -0.3 is 14.7 Å². The summed E-state index contributed by atoms with van der Waals surface area (Å²) in [5.74, 6) is 3.11. The Hall–Kier alpha value is -2.09. The maximum Gasteiger partial charge on any atom is 0.230 e. The van der Waals surface area contributed by atoms with Crippen molar-refractivity contribution in [3.05, 3.63) is 35.6 Å². The second-order valence-corrected chi connectivity index (χ2v) is 7.06. The fraction of sp³-hybridized carbons (Fsp3) is 0.529. The van der Waals surface area contributed by atoms with Crippen molar-refractivity contribution in [3.63, 3.8) is 0 Å². The SMILES string of the molecule is Cc1nc(CSCC(=O)NCc2ccc(N3CCCCC3)nc2)no1. The molecule has 3 heterocycles. The minimum absolute atomic E-state index is 0.00896. The Morgan fingerprint density at radius 2 is 2.16 bits per heavy atom. The lowest BCUT2D eigenvalue weighted by Crippen LogP contribution is -2.30. The van der Waals surface area contributed by atoms with Gasteiger partial charge in [-0.2, -0.15) is 4.98 Å². The highest BCUT2D eigenvalue weighted by atomic mass is 32.2. The van der Waals surface area contributed by atoms with Gasteiger partial charge in [0, 0.05) is 32.8 Å². The van der Waals surface area contributed by atoms with E-state index in [-0.39, 0.29) is 5.91 Å². The summed E-state index contributed by atoms with van der Waals surface area (Å²) in [5, 5.41) is 6.71. The first kappa shape index (κ1) is 17.7. The van der Waals surface area contributed by atoms with E-state index in [4.69, 9.17) is 4.52 Å². The van der Waals surface area contributed by atoms with Gasteiger partial charge >= 0.3 is 0 Å². The maximum absolute atomic E-state index is 11.9. The number of rotatable bonds is 7. The van der Waals surface area contributed by atoms with E-state index < -0.39 is 0 Å². The van der Waals surface area contributed by atoms with E-state index in [0.717, 1.165) is 24.5 Å². The summed E-state index contributed by atoms with van der Waals surface area (Å²) in [4.78, 5) is 22.9. The molecule has 3 rings (SSSR count). The van der Waals surface area contributed by atoms with E-state index in [1.54, 1.807) is 6.92 Å². The Kier molecular flexibility index (Phi) is 6.27. The molecule has 0 saturated carbocycles. The zero-order chi connectivity index (χ0) is 17.5. The van der Waals surface area contributed by atoms with E-state index >= 15 is 0 Å². The number of aromatic nitrogens is 3. The number of piperidine rings is 1. The van der Waals surface area contributed by atoms with E-state index in [0.29, 0.717) is 29.8 Å². The van der Waals surface area contributed by atoms with Gasteiger partial charge in [-0.15, -0.1) is 11.8 Å². The van der Waals surface area contributed by atoms with Gasteiger partial charge in [0.2, 0.25) is 11.8 Å². The number of hydrogen-bond donors (Lipinski definition) is 1. The third-order valence-corrected chi connectivity index (χ3v) is 4.94. The summed E-state index contributed by atoms with van der Waals surface area (Å²) >= 11 is 1.46. The van der Waals surface area contributed by atoms with Crippen LogP contribution in [0.25, 0.3) is 0 Å². The number of nitrogens with one attached hydrogen (secondary N) is 1. The first-order chi connectivity index (χ1) is 12.2. The van der Waals surface area contributed by atoms with Crippen molar-refractivity contribution >= 4 is 23.5 Å². The number of carbonyl (C=O) groups excluding carboxylic acids is 1. The molecule has 1 aliphatic heterocycles. The van der Waals surface area contributed by atoms with Gasteiger partial charge in [0.15, 0.2) is 5.82 Å². The number of carbonyl (C=O) groups is 1. The number of hydrogen-bond acceptors (Lipinski definition) is 7. The van der Waals surface area contributed by atoms with Crippen molar-refractivity contribution in [1.29, 1.82) is 0 Å². The van der Waals surface area contributed by atoms with Crippen molar-refractivity contribution in [2.75, 3.05) is 23.7 Å². The van der Waals surface area contributed by atoms with Crippen LogP contribution in [0.3, 0.4) is 0 Å². The fourth-order valence-corrected chi connectivity index (χ4v) is 3.41. The van der Waals surface area contributed by atoms with Crippen LogP contribution in [-0.2, 0) is 17.1 Å². The van der Waals surface area contributed by atoms with Gasteiger partial charge in [-0.1, -0.05) is 11.2 Å². The molecule has 7 nitrogen and oxygen atoms in total. The third kappa shape index (κ3) is 5.45. The standard InChI is InChI=1S/C17H23N5O2S/c1-13-20-15(21-24-13)11-25-12-17(23)19-10-14-5-6-16(18-9-14)22-7-3-2-4-8-22/h5-6,9H,2-4,7-8,10-12H2,1H3,(H,19,23). The molecule has 2 aromatic heterocycles. The van der Waals surface area contributed by atoms with E-state index in [9.17, 15) is 4.79 Å². The molecule has 8 heteroatoms. The van der Waals surface area contributed by atoms with Gasteiger partial charge in [-0.05, 0) is 30.9 Å². The Morgan fingerprint density at radius 1 is 1.32 bits per heavy atom. The monoisotopic (exact) mass is 361 g/mol. The number of aryl methyl sites for hydroxylation is 1. The van der Waals surface area contributed by atoms with Crippen LogP contribution in [-0.4, -0.2) is 39.9 Å². The predicted molar refractivity (Wildman–Crippen MR) is 97.3 cm³/mol. The average molecular weight is 361 g/mol. The summed E-state index contributed by atoms with van der Waals surface area (Å²) < 4.78 is 4.90. The largest absolute Gasteiger partial charge is 0.357 e. The molecule has 1 aliphatic rings. The van der Waals surface area contributed by atoms with Crippen LogP contribution in [0.2, 0.25) is 0 Å². The van der Waals surface area contributed by atoms with E-state index in [2.05, 4.69) is 25.3 Å². The van der Waals surface area contributed by atoms with Gasteiger partial charge in [-0.25, -0.2) is 4.98 Å². The van der Waals surface area contributed by atoms with Crippen molar-refractivity contribution in [1.82, 2.24) is 20.4 Å². The summed E-state index contributed by atoms with van der Waals surface area (Å²) in [6, 6.07) is 4.08. The Morgan fingerprint density at radius 3 is 2.84 bits per heavy atom. The Balaban J connectivity index is 1.38. The van der Waals surface area contributed by atoms with Crippen LogP contribution in [0, 0.1) is 6.92 Å². The topological polar surface area (TPSA) is 84.2 Å². The summed E-state index contributed by atoms with van der Waals surface area (Å²) in [5.41, 5.74) is 1.01. The number of pyridine rings is 1. The van der Waals surface area contributed by atoms with Gasteiger partial charge in [0.05, 0.1) is 11.5 Å². The molecule has 1 N–H and O–H groups in total. The van der Waals surface area contributed by atoms with Gasteiger partial charge in [0.1, 0.15) is 5.82 Å². The van der Waals surface area contributed by atoms with Crippen molar-refractivity contribution in [2.45, 2.75) is 38.5 Å². The first-order valence-corrected chi connectivity index (χ1v) is 9.70. The quantitative estimate of drug-likeness (QED) is 0.810. The fourth-order valence-electron chi connectivity index (χ4n) is 2.72. The number of thioether (sulfide) groups is 1. The number of anilines is 1. The highest BCUT2D eigenvalue weighted by Crippen LogP contribution is 2.17. The van der Waals surface area contributed by atoms with Crippen LogP contribution in [0.15, 0.2) is 22.9 Å². The molecule has 134 valence electrons. The zero-order valence-corrected chi connectivity index (χ0v) is 15.2. The lowest BCUT2D eigenvalue weighted by atomic mass is 10.1. The van der Waals surface area contributed by atoms with Crippen molar-refractivity contribution in [3.8, 4) is 0 Å². The van der Waals surface area contributed by atoms with E-state index in [1.807, 2.05) is 18.3 Å². The molecule has 0 bridgehead atoms. The summed E-state index contributed by atoms with van der Waals surface area (Å²) in [7, 11) is 0. The molecule has 0 atom stereocenters. The zero-order valence-electron chi connectivity index (χ0n) is 14.4. The molecule has 0 aliphatic carbocycles. The van der Waals surface area contributed by atoms with Crippen molar-refractivity contribution < 1.29 is 9.32 Å². The number of amides is 1. The molecular weight excluding hydrogens is 338 g/mol. The molecule has 0 spiro atoms. The molecule has 0 radical (unpaired) electrons. The second kappa shape index (κ2) is 8.84. The number of nitrogens with zero attached hydrogens (tertiary/aromatic N) is 4. The first-order valence-electron chi connectivity index (χ1n) is 8.54.